The van der Waals surface area contributed by atoms with Gasteiger partial charge >= 0.3 is 0 Å². The molecule has 0 spiro atoms. The highest BCUT2D eigenvalue weighted by Crippen LogP contribution is 2.28. The summed E-state index contributed by atoms with van der Waals surface area (Å²) in [4.78, 5) is 4.52. The molecular formula is C18H16ClN3O2. The van der Waals surface area contributed by atoms with E-state index in [1.54, 1.807) is 0 Å². The standard InChI is InChI=1S/C18H16ClN3O2/c1-10-7-16(23)21-22-17(10)11-5-6-14-15(9-11)24-18(20-14)12-3-2-4-13(19)8-12/h2-6,8-10,16,21,23H,7H2,1H3. The van der Waals surface area contributed by atoms with E-state index in [1.165, 1.54) is 0 Å². The molecule has 0 bridgehead atoms. The average Bonchev–Trinajstić information content (AvgIpc) is 2.98. The van der Waals surface area contributed by atoms with Gasteiger partial charge in [0, 0.05) is 28.5 Å². The predicted molar refractivity (Wildman–Crippen MR) is 93.9 cm³/mol. The molecule has 2 atom stereocenters. The topological polar surface area (TPSA) is 70.7 Å². The number of hydrogen-bond donors (Lipinski definition) is 2. The molecule has 2 N–H and O–H groups in total. The van der Waals surface area contributed by atoms with E-state index in [1.807, 2.05) is 49.4 Å². The van der Waals surface area contributed by atoms with Crippen LogP contribution in [-0.4, -0.2) is 22.0 Å². The lowest BCUT2D eigenvalue weighted by atomic mass is 9.93. The Balaban J connectivity index is 1.74. The summed E-state index contributed by atoms with van der Waals surface area (Å²) in [5, 5.41) is 14.5. The summed E-state index contributed by atoms with van der Waals surface area (Å²) in [6.45, 7) is 2.05. The van der Waals surface area contributed by atoms with Crippen LogP contribution < -0.4 is 5.43 Å². The zero-order valence-electron chi connectivity index (χ0n) is 13.0. The quantitative estimate of drug-likeness (QED) is 0.743. The fraction of sp³-hybridized carbons (Fsp3) is 0.222. The Morgan fingerprint density at radius 3 is 2.88 bits per heavy atom. The molecule has 4 rings (SSSR count). The van der Waals surface area contributed by atoms with Crippen LogP contribution in [0.2, 0.25) is 5.02 Å². The first-order valence-corrected chi connectivity index (χ1v) is 8.16. The van der Waals surface area contributed by atoms with Crippen molar-refractivity contribution >= 4 is 28.4 Å². The van der Waals surface area contributed by atoms with Crippen LogP contribution in [0.25, 0.3) is 22.6 Å². The summed E-state index contributed by atoms with van der Waals surface area (Å²) in [5.41, 5.74) is 6.92. The van der Waals surface area contributed by atoms with Gasteiger partial charge in [-0.15, -0.1) is 0 Å². The summed E-state index contributed by atoms with van der Waals surface area (Å²) in [6, 6.07) is 13.3. The largest absolute Gasteiger partial charge is 0.436 e. The second-order valence-electron chi connectivity index (χ2n) is 5.99. The first-order valence-electron chi connectivity index (χ1n) is 7.78. The van der Waals surface area contributed by atoms with E-state index in [-0.39, 0.29) is 5.92 Å². The molecule has 122 valence electrons. The van der Waals surface area contributed by atoms with Gasteiger partial charge in [0.15, 0.2) is 5.58 Å². The molecule has 0 amide bonds. The van der Waals surface area contributed by atoms with E-state index in [0.717, 1.165) is 22.4 Å². The Morgan fingerprint density at radius 2 is 2.08 bits per heavy atom. The smallest absolute Gasteiger partial charge is 0.227 e. The number of fused-ring (bicyclic) bond motifs is 1. The second kappa shape index (κ2) is 5.92. The first kappa shape index (κ1) is 15.2. The van der Waals surface area contributed by atoms with Gasteiger partial charge in [-0.1, -0.05) is 30.7 Å². The second-order valence-corrected chi connectivity index (χ2v) is 6.43. The number of rotatable bonds is 2. The highest BCUT2D eigenvalue weighted by atomic mass is 35.5. The van der Waals surface area contributed by atoms with Gasteiger partial charge in [0.2, 0.25) is 5.89 Å². The number of hydrazone groups is 1. The predicted octanol–water partition coefficient (Wildman–Crippen LogP) is 3.80. The molecule has 3 aromatic rings. The van der Waals surface area contributed by atoms with Crippen LogP contribution in [0.3, 0.4) is 0 Å². The molecule has 0 radical (unpaired) electrons. The maximum Gasteiger partial charge on any atom is 0.227 e. The molecule has 2 heterocycles. The van der Waals surface area contributed by atoms with Crippen LogP contribution in [0, 0.1) is 5.92 Å². The lowest BCUT2D eigenvalue weighted by Crippen LogP contribution is -2.35. The molecule has 2 unspecified atom stereocenters. The third-order valence-electron chi connectivity index (χ3n) is 4.13. The van der Waals surface area contributed by atoms with Gasteiger partial charge in [-0.2, -0.15) is 5.10 Å². The van der Waals surface area contributed by atoms with E-state index >= 15 is 0 Å². The Morgan fingerprint density at radius 1 is 1.21 bits per heavy atom. The van der Waals surface area contributed by atoms with Gasteiger partial charge in [-0.25, -0.2) is 4.98 Å². The highest BCUT2D eigenvalue weighted by molar-refractivity contribution is 6.30. The van der Waals surface area contributed by atoms with Crippen molar-refractivity contribution in [2.45, 2.75) is 19.6 Å². The highest BCUT2D eigenvalue weighted by Gasteiger charge is 2.22. The number of aliphatic hydroxyl groups is 1. The molecule has 1 aromatic heterocycles. The summed E-state index contributed by atoms with van der Waals surface area (Å²) in [6.07, 6.45) is 0.0355. The van der Waals surface area contributed by atoms with Crippen LogP contribution in [0.4, 0.5) is 0 Å². The Labute approximate surface area is 144 Å². The molecule has 0 aliphatic carbocycles. The van der Waals surface area contributed by atoms with E-state index < -0.39 is 6.23 Å². The van der Waals surface area contributed by atoms with Crippen LogP contribution >= 0.6 is 11.6 Å². The van der Waals surface area contributed by atoms with Crippen molar-refractivity contribution in [1.82, 2.24) is 10.4 Å². The van der Waals surface area contributed by atoms with E-state index in [0.29, 0.717) is 22.9 Å². The Kier molecular flexibility index (Phi) is 3.75. The van der Waals surface area contributed by atoms with Crippen LogP contribution in [0.5, 0.6) is 0 Å². The maximum atomic E-state index is 9.61. The monoisotopic (exact) mass is 341 g/mol. The molecule has 5 nitrogen and oxygen atoms in total. The minimum absolute atomic E-state index is 0.161. The zero-order chi connectivity index (χ0) is 16.7. The fourth-order valence-electron chi connectivity index (χ4n) is 2.93. The molecule has 24 heavy (non-hydrogen) atoms. The third kappa shape index (κ3) is 2.77. The first-order chi connectivity index (χ1) is 11.6. The molecule has 0 fully saturated rings. The number of aromatic nitrogens is 1. The van der Waals surface area contributed by atoms with Gasteiger partial charge in [0.25, 0.3) is 0 Å². The van der Waals surface area contributed by atoms with Gasteiger partial charge in [-0.05, 0) is 30.3 Å². The number of halogens is 1. The summed E-state index contributed by atoms with van der Waals surface area (Å²) >= 11 is 6.04. The van der Waals surface area contributed by atoms with Crippen molar-refractivity contribution in [3.05, 3.63) is 53.1 Å². The fourth-order valence-corrected chi connectivity index (χ4v) is 3.12. The van der Waals surface area contributed by atoms with E-state index in [2.05, 4.69) is 15.5 Å². The molecule has 6 heteroatoms. The Hall–Kier alpha value is -2.37. The van der Waals surface area contributed by atoms with Crippen LogP contribution in [0.1, 0.15) is 18.9 Å². The molecule has 0 saturated carbocycles. The van der Waals surface area contributed by atoms with Gasteiger partial charge in [0.05, 0.1) is 5.71 Å². The van der Waals surface area contributed by atoms with Crippen molar-refractivity contribution in [1.29, 1.82) is 0 Å². The minimum Gasteiger partial charge on any atom is -0.436 e. The molecule has 0 saturated heterocycles. The number of benzene rings is 2. The summed E-state index contributed by atoms with van der Waals surface area (Å²) in [7, 11) is 0. The van der Waals surface area contributed by atoms with Crippen molar-refractivity contribution in [2.24, 2.45) is 11.0 Å². The zero-order valence-corrected chi connectivity index (χ0v) is 13.8. The maximum absolute atomic E-state index is 9.61. The number of nitrogens with zero attached hydrogens (tertiary/aromatic N) is 2. The third-order valence-corrected chi connectivity index (χ3v) is 4.37. The van der Waals surface area contributed by atoms with Crippen LogP contribution in [-0.2, 0) is 0 Å². The number of nitrogens with one attached hydrogen (secondary N) is 1. The van der Waals surface area contributed by atoms with E-state index in [9.17, 15) is 5.11 Å². The van der Waals surface area contributed by atoms with Crippen molar-refractivity contribution < 1.29 is 9.52 Å². The summed E-state index contributed by atoms with van der Waals surface area (Å²) < 4.78 is 5.90. The molecule has 1 aliphatic heterocycles. The molecule has 2 aromatic carbocycles. The lowest BCUT2D eigenvalue weighted by Gasteiger charge is -2.24. The van der Waals surface area contributed by atoms with Crippen molar-refractivity contribution in [2.75, 3.05) is 0 Å². The normalized spacial score (nSPS) is 20.7. The average molecular weight is 342 g/mol. The number of oxazole rings is 1. The van der Waals surface area contributed by atoms with Gasteiger partial charge < -0.3 is 9.52 Å². The Bertz CT molecular complexity index is 935. The van der Waals surface area contributed by atoms with E-state index in [4.69, 9.17) is 16.0 Å². The SMILES string of the molecule is CC1CC(O)NN=C1c1ccc2nc(-c3cccc(Cl)c3)oc2c1. The van der Waals surface area contributed by atoms with Crippen molar-refractivity contribution in [3.63, 3.8) is 0 Å². The lowest BCUT2D eigenvalue weighted by molar-refractivity contribution is 0.114. The minimum atomic E-state index is -0.591. The van der Waals surface area contributed by atoms with Crippen LogP contribution in [0.15, 0.2) is 52.0 Å². The molecule has 1 aliphatic rings. The molecular weight excluding hydrogens is 326 g/mol. The van der Waals surface area contributed by atoms with Crippen molar-refractivity contribution in [3.8, 4) is 11.5 Å². The van der Waals surface area contributed by atoms with Gasteiger partial charge in [-0.3, -0.25) is 5.43 Å². The number of aliphatic hydroxyl groups excluding tert-OH is 1. The van der Waals surface area contributed by atoms with Gasteiger partial charge in [0.1, 0.15) is 11.7 Å². The number of hydrogen-bond acceptors (Lipinski definition) is 5. The summed E-state index contributed by atoms with van der Waals surface area (Å²) in [5.74, 6) is 0.700.